The average molecular weight is 986 g/mol. The van der Waals surface area contributed by atoms with Crippen molar-refractivity contribution in [2.24, 2.45) is 0 Å². The van der Waals surface area contributed by atoms with Gasteiger partial charge in [0.2, 0.25) is 0 Å². The Hall–Kier alpha value is -2.11. The van der Waals surface area contributed by atoms with Crippen LogP contribution in [0.25, 0.3) is 0 Å². The Balaban J connectivity index is 4.21. The lowest BCUT2D eigenvalue weighted by Gasteiger charge is -2.18. The topological polar surface area (TPSA) is 78.9 Å². The fourth-order valence-corrected chi connectivity index (χ4v) is 9.44. The SMILES string of the molecule is CCC/C=C\CCCCCCCC(=O)OCC(COC(=O)CCCCCCCCCCC/C=C\CCCCCCCCCC)OC(=O)CCCCCCCCCCCCCCCCCCCCCCC. The molecule has 1 atom stereocenters. The van der Waals surface area contributed by atoms with Crippen molar-refractivity contribution in [2.75, 3.05) is 13.2 Å². The molecule has 0 amide bonds. The monoisotopic (exact) mass is 985 g/mol. The molecule has 0 aliphatic heterocycles. The van der Waals surface area contributed by atoms with Crippen molar-refractivity contribution in [3.63, 3.8) is 0 Å². The van der Waals surface area contributed by atoms with E-state index in [0.717, 1.165) is 70.6 Å². The van der Waals surface area contributed by atoms with Crippen LogP contribution in [0.2, 0.25) is 0 Å². The zero-order chi connectivity index (χ0) is 50.7. The molecule has 412 valence electrons. The van der Waals surface area contributed by atoms with Crippen LogP contribution in [0.4, 0.5) is 0 Å². The standard InChI is InChI=1S/C64H120O6/c1-4-7-10-13-16-19-22-24-26-28-30-32-34-36-38-40-42-45-48-51-54-57-63(66)69-60-61(59-68-62(65)56-53-50-47-44-21-18-15-12-9-6-3)70-64(67)58-55-52-49-46-43-41-39-37-35-33-31-29-27-25-23-20-17-14-11-8-5-2/h12,15,28,30,61H,4-11,13-14,16-27,29,31-60H2,1-3H3/b15-12-,30-28-. The first-order valence-corrected chi connectivity index (χ1v) is 31.3. The van der Waals surface area contributed by atoms with Crippen LogP contribution in [-0.2, 0) is 28.6 Å². The van der Waals surface area contributed by atoms with Crippen LogP contribution in [0.5, 0.6) is 0 Å². The van der Waals surface area contributed by atoms with Crippen LogP contribution in [-0.4, -0.2) is 37.2 Å². The zero-order valence-electron chi connectivity index (χ0n) is 47.3. The number of hydrogen-bond acceptors (Lipinski definition) is 6. The molecular weight excluding hydrogens is 865 g/mol. The molecule has 0 aromatic rings. The molecule has 6 heteroatoms. The van der Waals surface area contributed by atoms with E-state index in [1.807, 2.05) is 0 Å². The van der Waals surface area contributed by atoms with E-state index >= 15 is 0 Å². The third kappa shape index (κ3) is 56.8. The maximum absolute atomic E-state index is 12.9. The van der Waals surface area contributed by atoms with Gasteiger partial charge in [0.25, 0.3) is 0 Å². The van der Waals surface area contributed by atoms with Gasteiger partial charge in [0, 0.05) is 19.3 Å². The van der Waals surface area contributed by atoms with E-state index in [4.69, 9.17) is 14.2 Å². The number of carbonyl (C=O) groups excluding carboxylic acids is 3. The fourth-order valence-electron chi connectivity index (χ4n) is 9.44. The average Bonchev–Trinajstić information content (AvgIpc) is 3.36. The fraction of sp³-hybridized carbons (Fsp3) is 0.891. The molecule has 0 aromatic carbocycles. The summed E-state index contributed by atoms with van der Waals surface area (Å²) in [6.45, 7) is 6.63. The van der Waals surface area contributed by atoms with Gasteiger partial charge in [-0.3, -0.25) is 14.4 Å². The molecule has 0 aromatic heterocycles. The first-order valence-electron chi connectivity index (χ1n) is 31.3. The van der Waals surface area contributed by atoms with Gasteiger partial charge in [-0.25, -0.2) is 0 Å². The number of unbranched alkanes of at least 4 members (excludes halogenated alkanes) is 43. The second-order valence-electron chi connectivity index (χ2n) is 21.3. The van der Waals surface area contributed by atoms with Crippen LogP contribution in [0.3, 0.4) is 0 Å². The van der Waals surface area contributed by atoms with E-state index in [9.17, 15) is 14.4 Å². The molecule has 0 saturated heterocycles. The van der Waals surface area contributed by atoms with Crippen LogP contribution >= 0.6 is 0 Å². The Morgan fingerprint density at radius 1 is 0.271 bits per heavy atom. The maximum Gasteiger partial charge on any atom is 0.306 e. The second kappa shape index (κ2) is 59.5. The molecule has 0 spiro atoms. The summed E-state index contributed by atoms with van der Waals surface area (Å²) in [7, 11) is 0. The molecule has 70 heavy (non-hydrogen) atoms. The van der Waals surface area contributed by atoms with Crippen molar-refractivity contribution in [1.29, 1.82) is 0 Å². The summed E-state index contributed by atoms with van der Waals surface area (Å²) in [5.41, 5.74) is 0. The van der Waals surface area contributed by atoms with Gasteiger partial charge >= 0.3 is 17.9 Å². The van der Waals surface area contributed by atoms with Crippen molar-refractivity contribution in [3.8, 4) is 0 Å². The summed E-state index contributed by atoms with van der Waals surface area (Å²) >= 11 is 0. The molecule has 0 N–H and O–H groups in total. The maximum atomic E-state index is 12.9. The molecule has 0 bridgehead atoms. The summed E-state index contributed by atoms with van der Waals surface area (Å²) in [5, 5.41) is 0. The van der Waals surface area contributed by atoms with Crippen molar-refractivity contribution >= 4 is 17.9 Å². The van der Waals surface area contributed by atoms with E-state index in [-0.39, 0.29) is 31.1 Å². The summed E-state index contributed by atoms with van der Waals surface area (Å²) in [6.07, 6.45) is 70.5. The van der Waals surface area contributed by atoms with Gasteiger partial charge in [-0.15, -0.1) is 0 Å². The molecule has 0 fully saturated rings. The number of rotatable bonds is 58. The van der Waals surface area contributed by atoms with Crippen molar-refractivity contribution in [3.05, 3.63) is 24.3 Å². The van der Waals surface area contributed by atoms with E-state index in [2.05, 4.69) is 45.1 Å². The lowest BCUT2D eigenvalue weighted by Crippen LogP contribution is -2.30. The smallest absolute Gasteiger partial charge is 0.306 e. The Labute approximate surface area is 436 Å². The Bertz CT molecular complexity index is 1130. The van der Waals surface area contributed by atoms with Crippen LogP contribution in [0.1, 0.15) is 348 Å². The third-order valence-corrected chi connectivity index (χ3v) is 14.2. The summed E-state index contributed by atoms with van der Waals surface area (Å²) < 4.78 is 16.9. The third-order valence-electron chi connectivity index (χ3n) is 14.2. The summed E-state index contributed by atoms with van der Waals surface area (Å²) in [6, 6.07) is 0. The number of hydrogen-bond donors (Lipinski definition) is 0. The molecule has 6 nitrogen and oxygen atoms in total. The van der Waals surface area contributed by atoms with E-state index in [1.165, 1.54) is 238 Å². The highest BCUT2D eigenvalue weighted by atomic mass is 16.6. The highest BCUT2D eigenvalue weighted by Gasteiger charge is 2.19. The van der Waals surface area contributed by atoms with E-state index < -0.39 is 6.10 Å². The summed E-state index contributed by atoms with van der Waals surface area (Å²) in [5.74, 6) is -0.860. The molecule has 1 unspecified atom stereocenters. The van der Waals surface area contributed by atoms with E-state index in [1.54, 1.807) is 0 Å². The quantitative estimate of drug-likeness (QED) is 0.0261. The molecule has 0 aliphatic rings. The van der Waals surface area contributed by atoms with Crippen LogP contribution < -0.4 is 0 Å². The highest BCUT2D eigenvalue weighted by Crippen LogP contribution is 2.18. The molecule has 0 heterocycles. The number of esters is 3. The second-order valence-corrected chi connectivity index (χ2v) is 21.3. The Morgan fingerprint density at radius 2 is 0.500 bits per heavy atom. The van der Waals surface area contributed by atoms with Gasteiger partial charge in [-0.05, 0) is 64.2 Å². The van der Waals surface area contributed by atoms with Gasteiger partial charge < -0.3 is 14.2 Å². The Kier molecular flexibility index (Phi) is 57.7. The van der Waals surface area contributed by atoms with E-state index in [0.29, 0.717) is 19.3 Å². The molecule has 0 aliphatic carbocycles. The molecule has 0 rings (SSSR count). The minimum absolute atomic E-state index is 0.0705. The minimum Gasteiger partial charge on any atom is -0.462 e. The molecule has 0 radical (unpaired) electrons. The normalized spacial score (nSPS) is 12.1. The predicted molar refractivity (Wildman–Crippen MR) is 303 cm³/mol. The zero-order valence-corrected chi connectivity index (χ0v) is 47.3. The van der Waals surface area contributed by atoms with Crippen molar-refractivity contribution in [1.82, 2.24) is 0 Å². The van der Waals surface area contributed by atoms with Crippen LogP contribution in [0.15, 0.2) is 24.3 Å². The first-order chi connectivity index (χ1) is 34.5. The van der Waals surface area contributed by atoms with Gasteiger partial charge in [-0.2, -0.15) is 0 Å². The van der Waals surface area contributed by atoms with Crippen LogP contribution in [0, 0.1) is 0 Å². The lowest BCUT2D eigenvalue weighted by atomic mass is 10.0. The highest BCUT2D eigenvalue weighted by molar-refractivity contribution is 5.71. The largest absolute Gasteiger partial charge is 0.462 e. The predicted octanol–water partition coefficient (Wildman–Crippen LogP) is 21.1. The summed E-state index contributed by atoms with van der Waals surface area (Å²) in [4.78, 5) is 38.2. The van der Waals surface area contributed by atoms with Gasteiger partial charge in [0.15, 0.2) is 6.10 Å². The van der Waals surface area contributed by atoms with Gasteiger partial charge in [0.05, 0.1) is 0 Å². The number of allylic oxidation sites excluding steroid dienone is 4. The number of ether oxygens (including phenoxy) is 3. The van der Waals surface area contributed by atoms with Gasteiger partial charge in [0.1, 0.15) is 13.2 Å². The Morgan fingerprint density at radius 3 is 0.771 bits per heavy atom. The lowest BCUT2D eigenvalue weighted by molar-refractivity contribution is -0.167. The first kappa shape index (κ1) is 67.9. The van der Waals surface area contributed by atoms with Gasteiger partial charge in [-0.1, -0.05) is 289 Å². The van der Waals surface area contributed by atoms with Crippen molar-refractivity contribution < 1.29 is 28.6 Å². The molecule has 0 saturated carbocycles. The minimum atomic E-state index is -0.771. The molecular formula is C64H120O6. The van der Waals surface area contributed by atoms with Crippen molar-refractivity contribution in [2.45, 2.75) is 354 Å². The number of carbonyl (C=O) groups is 3.